The van der Waals surface area contributed by atoms with Crippen LogP contribution in [0.3, 0.4) is 0 Å². The van der Waals surface area contributed by atoms with Crippen LogP contribution in [0.15, 0.2) is 231 Å². The van der Waals surface area contributed by atoms with Crippen molar-refractivity contribution >= 4 is 54.5 Å². The van der Waals surface area contributed by atoms with Crippen molar-refractivity contribution in [3.63, 3.8) is 0 Å². The zero-order valence-electron chi connectivity index (χ0n) is 35.1. The molecule has 0 aliphatic carbocycles. The van der Waals surface area contributed by atoms with Crippen molar-refractivity contribution < 1.29 is 0 Å². The van der Waals surface area contributed by atoms with Crippen molar-refractivity contribution in [3.8, 4) is 62.4 Å². The first-order valence-electron chi connectivity index (χ1n) is 21.9. The highest BCUT2D eigenvalue weighted by Crippen LogP contribution is 2.42. The van der Waals surface area contributed by atoms with E-state index in [-0.39, 0.29) is 0 Å². The van der Waals surface area contributed by atoms with Gasteiger partial charge in [-0.25, -0.2) is 15.0 Å². The number of hydrogen-bond acceptors (Lipinski definition) is 3. The molecule has 0 amide bonds. The van der Waals surface area contributed by atoms with Gasteiger partial charge in [0.05, 0.1) is 27.6 Å². The fourth-order valence-corrected chi connectivity index (χ4v) is 9.70. The lowest BCUT2D eigenvalue weighted by atomic mass is 10.0. The second-order valence-electron chi connectivity index (χ2n) is 16.5. The maximum absolute atomic E-state index is 5.02. The number of para-hydroxylation sites is 3. The van der Waals surface area contributed by atoms with Crippen molar-refractivity contribution in [2.24, 2.45) is 0 Å². The van der Waals surface area contributed by atoms with Crippen LogP contribution in [-0.4, -0.2) is 28.7 Å². The van der Waals surface area contributed by atoms with Gasteiger partial charge in [0, 0.05) is 66.9 Å². The summed E-state index contributed by atoms with van der Waals surface area (Å²) in [7, 11) is 0. The fraction of sp³-hybridized carbons (Fsp3) is 0. The van der Waals surface area contributed by atoms with E-state index in [1.54, 1.807) is 0 Å². The van der Waals surface area contributed by atoms with E-state index < -0.39 is 0 Å². The Morgan fingerprint density at radius 3 is 1.46 bits per heavy atom. The van der Waals surface area contributed by atoms with Gasteiger partial charge < -0.3 is 13.7 Å². The summed E-state index contributed by atoms with van der Waals surface area (Å²) in [5.41, 5.74) is 14.3. The van der Waals surface area contributed by atoms with Crippen LogP contribution in [0.2, 0.25) is 0 Å². The highest BCUT2D eigenvalue weighted by molar-refractivity contribution is 6.23. The molecule has 0 bridgehead atoms. The molecule has 0 saturated heterocycles. The lowest BCUT2D eigenvalue weighted by Crippen LogP contribution is -2.00. The highest BCUT2D eigenvalue weighted by atomic mass is 15.0. The minimum atomic E-state index is 0.632. The summed E-state index contributed by atoms with van der Waals surface area (Å²) in [6.07, 6.45) is 2.20. The summed E-state index contributed by atoms with van der Waals surface area (Å²) >= 11 is 0. The minimum Gasteiger partial charge on any atom is -0.316 e. The SMILES string of the molecule is c1ccc(-c2nc(-c3ccccc3)nc(-c3cccc(-c4ccc(-n5c6cc7c8ccccc8n(-c8ccccc8)c7cc6c6ccc7c(ccn7-c7ccccc7)c65)cc4)c3)n2)cc1. The first kappa shape index (κ1) is 36.8. The summed E-state index contributed by atoms with van der Waals surface area (Å²) in [5, 5.41) is 6.06. The summed E-state index contributed by atoms with van der Waals surface area (Å²) in [6, 6.07) is 79.5. The smallest absolute Gasteiger partial charge is 0.164 e. The third-order valence-corrected chi connectivity index (χ3v) is 12.7. The monoisotopic (exact) mass is 830 g/mol. The minimum absolute atomic E-state index is 0.632. The number of benzene rings is 9. The Balaban J connectivity index is 0.986. The Morgan fingerprint density at radius 1 is 0.262 bits per heavy atom. The summed E-state index contributed by atoms with van der Waals surface area (Å²) in [4.78, 5) is 14.9. The van der Waals surface area contributed by atoms with Crippen LogP contribution in [0.25, 0.3) is 117 Å². The third-order valence-electron chi connectivity index (χ3n) is 12.7. The van der Waals surface area contributed by atoms with Gasteiger partial charge in [-0.15, -0.1) is 0 Å². The summed E-state index contributed by atoms with van der Waals surface area (Å²) < 4.78 is 7.17. The average Bonchev–Trinajstić information content (AvgIpc) is 4.07. The second kappa shape index (κ2) is 14.9. The Morgan fingerprint density at radius 2 is 0.785 bits per heavy atom. The van der Waals surface area contributed by atoms with Crippen LogP contribution in [0.5, 0.6) is 0 Å². The number of hydrogen-bond donors (Lipinski definition) is 0. The van der Waals surface area contributed by atoms with E-state index in [1.165, 1.54) is 43.5 Å². The summed E-state index contributed by atoms with van der Waals surface area (Å²) in [5.74, 6) is 1.92. The number of aromatic nitrogens is 6. The maximum Gasteiger partial charge on any atom is 0.164 e. The fourth-order valence-electron chi connectivity index (χ4n) is 9.70. The first-order valence-corrected chi connectivity index (χ1v) is 21.9. The molecule has 13 aromatic rings. The van der Waals surface area contributed by atoms with Crippen molar-refractivity contribution in [1.82, 2.24) is 28.7 Å². The lowest BCUT2D eigenvalue weighted by Gasteiger charge is -2.12. The Bertz CT molecular complexity index is 3850. The van der Waals surface area contributed by atoms with E-state index in [2.05, 4.69) is 184 Å². The van der Waals surface area contributed by atoms with Crippen molar-refractivity contribution in [2.45, 2.75) is 0 Å². The molecule has 0 radical (unpaired) electrons. The van der Waals surface area contributed by atoms with Gasteiger partial charge in [0.25, 0.3) is 0 Å². The molecule has 4 aromatic heterocycles. The molecular weight excluding hydrogens is 793 g/mol. The number of fused-ring (bicyclic) bond motifs is 8. The van der Waals surface area contributed by atoms with Gasteiger partial charge in [-0.1, -0.05) is 152 Å². The average molecular weight is 831 g/mol. The Labute approximate surface area is 374 Å². The van der Waals surface area contributed by atoms with Crippen molar-refractivity contribution in [1.29, 1.82) is 0 Å². The van der Waals surface area contributed by atoms with E-state index >= 15 is 0 Å². The zero-order valence-corrected chi connectivity index (χ0v) is 35.1. The first-order chi connectivity index (χ1) is 32.2. The predicted octanol–water partition coefficient (Wildman–Crippen LogP) is 14.7. The van der Waals surface area contributed by atoms with Crippen LogP contribution in [-0.2, 0) is 0 Å². The summed E-state index contributed by atoms with van der Waals surface area (Å²) in [6.45, 7) is 0. The predicted molar refractivity (Wildman–Crippen MR) is 267 cm³/mol. The van der Waals surface area contributed by atoms with E-state index in [4.69, 9.17) is 15.0 Å². The molecule has 6 nitrogen and oxygen atoms in total. The van der Waals surface area contributed by atoms with Crippen LogP contribution in [0, 0.1) is 0 Å². The van der Waals surface area contributed by atoms with Crippen LogP contribution >= 0.6 is 0 Å². The molecule has 0 saturated carbocycles. The highest BCUT2D eigenvalue weighted by Gasteiger charge is 2.21. The molecule has 304 valence electrons. The van der Waals surface area contributed by atoms with Gasteiger partial charge in [0.15, 0.2) is 17.5 Å². The zero-order chi connectivity index (χ0) is 42.8. The molecule has 13 rings (SSSR count). The topological polar surface area (TPSA) is 53.5 Å². The number of nitrogens with zero attached hydrogens (tertiary/aromatic N) is 6. The van der Waals surface area contributed by atoms with Crippen molar-refractivity contribution in [2.75, 3.05) is 0 Å². The molecule has 0 unspecified atom stereocenters. The lowest BCUT2D eigenvalue weighted by molar-refractivity contribution is 1.07. The van der Waals surface area contributed by atoms with E-state index in [0.29, 0.717) is 17.5 Å². The third kappa shape index (κ3) is 6.07. The second-order valence-corrected chi connectivity index (χ2v) is 16.5. The maximum atomic E-state index is 5.02. The van der Waals surface area contributed by atoms with Crippen LogP contribution in [0.4, 0.5) is 0 Å². The Hall–Kier alpha value is -8.87. The van der Waals surface area contributed by atoms with Gasteiger partial charge in [-0.3, -0.25) is 0 Å². The quantitative estimate of drug-likeness (QED) is 0.161. The molecular formula is C59H38N6. The molecule has 0 atom stereocenters. The molecule has 6 heteroatoms. The van der Waals surface area contributed by atoms with E-state index in [0.717, 1.165) is 55.9 Å². The molecule has 0 fully saturated rings. The molecule has 0 aliphatic heterocycles. The van der Waals surface area contributed by atoms with Gasteiger partial charge in [0.1, 0.15) is 0 Å². The normalized spacial score (nSPS) is 11.7. The molecule has 65 heavy (non-hydrogen) atoms. The largest absolute Gasteiger partial charge is 0.316 e. The van der Waals surface area contributed by atoms with Crippen molar-refractivity contribution in [3.05, 3.63) is 231 Å². The number of rotatable bonds is 7. The van der Waals surface area contributed by atoms with E-state index in [9.17, 15) is 0 Å². The molecule has 0 N–H and O–H groups in total. The van der Waals surface area contributed by atoms with Gasteiger partial charge in [-0.2, -0.15) is 0 Å². The molecule has 9 aromatic carbocycles. The Kier molecular flexibility index (Phi) is 8.42. The van der Waals surface area contributed by atoms with Crippen LogP contribution in [0.1, 0.15) is 0 Å². The van der Waals surface area contributed by atoms with E-state index in [1.807, 2.05) is 60.7 Å². The molecule has 0 spiro atoms. The van der Waals surface area contributed by atoms with Gasteiger partial charge >= 0.3 is 0 Å². The molecule has 0 aliphatic rings. The van der Waals surface area contributed by atoms with Gasteiger partial charge in [0.2, 0.25) is 0 Å². The van der Waals surface area contributed by atoms with Gasteiger partial charge in [-0.05, 0) is 83.9 Å². The standard InChI is InChI=1S/C59H38N6/c1-5-16-40(17-6-1)57-60-58(41-18-7-2-8-19-41)62-59(61-57)43-21-15-20-42(36-43)39-28-30-46(31-29-39)65-55-37-50-47-26-13-14-27-53(47)64(45-24-11-4-12-25-45)54(50)38-51(55)48-32-33-52-49(56(48)65)34-35-63(52)44-22-9-3-10-23-44/h1-38H. The van der Waals surface area contributed by atoms with Crippen LogP contribution < -0.4 is 0 Å². The molecule has 4 heterocycles.